The number of rotatable bonds is 4. The highest BCUT2D eigenvalue weighted by molar-refractivity contribution is 5.41. The fourth-order valence-electron chi connectivity index (χ4n) is 1.49. The second-order valence-electron chi connectivity index (χ2n) is 4.84. The molecule has 0 bridgehead atoms. The molecule has 1 aromatic carbocycles. The predicted octanol–water partition coefficient (Wildman–Crippen LogP) is 3.15. The summed E-state index contributed by atoms with van der Waals surface area (Å²) in [6.45, 7) is 10.3. The average Bonchev–Trinajstić information content (AvgIpc) is 2.21. The smallest absolute Gasteiger partial charge is 0.122 e. The molecule has 2 heteroatoms. The molecule has 0 heterocycles. The van der Waals surface area contributed by atoms with Crippen LogP contribution in [0.25, 0.3) is 0 Å². The topological polar surface area (TPSA) is 29.5 Å². The van der Waals surface area contributed by atoms with Crippen molar-refractivity contribution in [2.75, 3.05) is 6.61 Å². The van der Waals surface area contributed by atoms with Crippen molar-refractivity contribution in [2.24, 2.45) is 0 Å². The van der Waals surface area contributed by atoms with Crippen LogP contribution in [0.2, 0.25) is 0 Å². The van der Waals surface area contributed by atoms with Gasteiger partial charge in [-0.3, -0.25) is 0 Å². The van der Waals surface area contributed by atoms with Gasteiger partial charge in [-0.25, -0.2) is 0 Å². The van der Waals surface area contributed by atoms with Crippen LogP contribution in [-0.4, -0.2) is 17.3 Å². The standard InChI is InChI=1S/C14H22O2/c1-6-14(5,15)9-16-13-8-10(2)7-11(3)12(13)4/h7-8,15H,6,9H2,1-5H3. The van der Waals surface area contributed by atoms with Gasteiger partial charge in [0.2, 0.25) is 0 Å². The average molecular weight is 222 g/mol. The summed E-state index contributed by atoms with van der Waals surface area (Å²) in [4.78, 5) is 0. The molecule has 1 atom stereocenters. The van der Waals surface area contributed by atoms with Crippen molar-refractivity contribution >= 4 is 0 Å². The molecule has 16 heavy (non-hydrogen) atoms. The third-order valence-electron chi connectivity index (χ3n) is 3.06. The summed E-state index contributed by atoms with van der Waals surface area (Å²) >= 11 is 0. The van der Waals surface area contributed by atoms with Crippen LogP contribution in [-0.2, 0) is 0 Å². The molecule has 1 rings (SSSR count). The molecule has 2 nitrogen and oxygen atoms in total. The summed E-state index contributed by atoms with van der Waals surface area (Å²) in [6, 6.07) is 4.16. The zero-order valence-electron chi connectivity index (χ0n) is 10.9. The van der Waals surface area contributed by atoms with E-state index in [1.165, 1.54) is 11.1 Å². The number of benzene rings is 1. The molecule has 1 N–H and O–H groups in total. The van der Waals surface area contributed by atoms with Gasteiger partial charge in [0.05, 0.1) is 5.60 Å². The van der Waals surface area contributed by atoms with Crippen LogP contribution >= 0.6 is 0 Å². The summed E-state index contributed by atoms with van der Waals surface area (Å²) in [7, 11) is 0. The van der Waals surface area contributed by atoms with Gasteiger partial charge in [-0.2, -0.15) is 0 Å². The third-order valence-corrected chi connectivity index (χ3v) is 3.06. The molecule has 0 saturated carbocycles. The van der Waals surface area contributed by atoms with Crippen molar-refractivity contribution in [3.63, 3.8) is 0 Å². The molecule has 0 fully saturated rings. The monoisotopic (exact) mass is 222 g/mol. The lowest BCUT2D eigenvalue weighted by atomic mass is 10.0. The van der Waals surface area contributed by atoms with E-state index in [0.717, 1.165) is 11.3 Å². The van der Waals surface area contributed by atoms with E-state index in [1.807, 2.05) is 19.9 Å². The summed E-state index contributed by atoms with van der Waals surface area (Å²) in [5, 5.41) is 9.89. The number of hydrogen-bond acceptors (Lipinski definition) is 2. The van der Waals surface area contributed by atoms with Crippen LogP contribution in [0.15, 0.2) is 12.1 Å². The molecule has 1 unspecified atom stereocenters. The first-order valence-corrected chi connectivity index (χ1v) is 5.79. The first-order valence-electron chi connectivity index (χ1n) is 5.79. The number of hydrogen-bond donors (Lipinski definition) is 1. The van der Waals surface area contributed by atoms with Crippen LogP contribution in [0.5, 0.6) is 5.75 Å². The minimum atomic E-state index is -0.746. The van der Waals surface area contributed by atoms with Crippen LogP contribution in [0.3, 0.4) is 0 Å². The third kappa shape index (κ3) is 3.24. The maximum atomic E-state index is 9.89. The van der Waals surface area contributed by atoms with E-state index in [-0.39, 0.29) is 0 Å². The molecule has 0 aliphatic rings. The van der Waals surface area contributed by atoms with Crippen LogP contribution < -0.4 is 4.74 Å². The molecule has 90 valence electrons. The Morgan fingerprint density at radius 3 is 2.44 bits per heavy atom. The van der Waals surface area contributed by atoms with Crippen LogP contribution in [0, 0.1) is 20.8 Å². The highest BCUT2D eigenvalue weighted by Gasteiger charge is 2.19. The molecule has 0 radical (unpaired) electrons. The quantitative estimate of drug-likeness (QED) is 0.848. The van der Waals surface area contributed by atoms with E-state index in [4.69, 9.17) is 4.74 Å². The Labute approximate surface area is 98.3 Å². The minimum Gasteiger partial charge on any atom is -0.490 e. The molecular formula is C14H22O2. The van der Waals surface area contributed by atoms with E-state index < -0.39 is 5.60 Å². The second-order valence-corrected chi connectivity index (χ2v) is 4.84. The lowest BCUT2D eigenvalue weighted by Gasteiger charge is -2.22. The minimum absolute atomic E-state index is 0.341. The van der Waals surface area contributed by atoms with Crippen molar-refractivity contribution < 1.29 is 9.84 Å². The van der Waals surface area contributed by atoms with Gasteiger partial charge in [-0.05, 0) is 56.9 Å². The number of aryl methyl sites for hydroxylation is 2. The van der Waals surface area contributed by atoms with Gasteiger partial charge in [0.15, 0.2) is 0 Å². The Balaban J connectivity index is 2.82. The van der Waals surface area contributed by atoms with Crippen molar-refractivity contribution in [3.05, 3.63) is 28.8 Å². The summed E-state index contributed by atoms with van der Waals surface area (Å²) in [5.41, 5.74) is 2.82. The van der Waals surface area contributed by atoms with E-state index >= 15 is 0 Å². The van der Waals surface area contributed by atoms with Crippen LogP contribution in [0.1, 0.15) is 37.0 Å². The maximum Gasteiger partial charge on any atom is 0.122 e. The van der Waals surface area contributed by atoms with E-state index in [9.17, 15) is 5.11 Å². The van der Waals surface area contributed by atoms with Gasteiger partial charge in [-0.15, -0.1) is 0 Å². The predicted molar refractivity (Wildman–Crippen MR) is 67.1 cm³/mol. The van der Waals surface area contributed by atoms with Gasteiger partial charge < -0.3 is 9.84 Å². The second kappa shape index (κ2) is 4.88. The zero-order valence-corrected chi connectivity index (χ0v) is 10.9. The highest BCUT2D eigenvalue weighted by Crippen LogP contribution is 2.24. The summed E-state index contributed by atoms with van der Waals surface area (Å²) in [6.07, 6.45) is 0.691. The van der Waals surface area contributed by atoms with E-state index in [0.29, 0.717) is 13.0 Å². The van der Waals surface area contributed by atoms with Gasteiger partial charge >= 0.3 is 0 Å². The van der Waals surface area contributed by atoms with Crippen molar-refractivity contribution in [1.82, 2.24) is 0 Å². The van der Waals surface area contributed by atoms with Gasteiger partial charge in [0.1, 0.15) is 12.4 Å². The molecule has 1 aromatic rings. The number of aliphatic hydroxyl groups is 1. The summed E-state index contributed by atoms with van der Waals surface area (Å²) < 4.78 is 5.70. The Morgan fingerprint density at radius 2 is 1.88 bits per heavy atom. The zero-order chi connectivity index (χ0) is 12.3. The molecular weight excluding hydrogens is 200 g/mol. The highest BCUT2D eigenvalue weighted by atomic mass is 16.5. The lowest BCUT2D eigenvalue weighted by molar-refractivity contribution is 0.00823. The Kier molecular flexibility index (Phi) is 3.98. The molecule has 0 aromatic heterocycles. The summed E-state index contributed by atoms with van der Waals surface area (Å²) in [5.74, 6) is 0.881. The number of ether oxygens (including phenoxy) is 1. The molecule has 0 aliphatic carbocycles. The fraction of sp³-hybridized carbons (Fsp3) is 0.571. The van der Waals surface area contributed by atoms with Crippen molar-refractivity contribution in [1.29, 1.82) is 0 Å². The largest absolute Gasteiger partial charge is 0.490 e. The maximum absolute atomic E-state index is 9.89. The normalized spacial score (nSPS) is 14.6. The fourth-order valence-corrected chi connectivity index (χ4v) is 1.49. The lowest BCUT2D eigenvalue weighted by Crippen LogP contribution is -2.31. The van der Waals surface area contributed by atoms with E-state index in [1.54, 1.807) is 6.92 Å². The molecule has 0 saturated heterocycles. The van der Waals surface area contributed by atoms with Crippen molar-refractivity contribution in [2.45, 2.75) is 46.6 Å². The first-order chi connectivity index (χ1) is 7.35. The Hall–Kier alpha value is -1.02. The van der Waals surface area contributed by atoms with Crippen molar-refractivity contribution in [3.8, 4) is 5.75 Å². The molecule has 0 spiro atoms. The molecule has 0 amide bonds. The SMILES string of the molecule is CCC(C)(O)COc1cc(C)cc(C)c1C. The van der Waals surface area contributed by atoms with Gasteiger partial charge in [0.25, 0.3) is 0 Å². The Morgan fingerprint density at radius 1 is 1.25 bits per heavy atom. The Bertz CT molecular complexity index is 367. The van der Waals surface area contributed by atoms with Crippen LogP contribution in [0.4, 0.5) is 0 Å². The van der Waals surface area contributed by atoms with E-state index in [2.05, 4.69) is 19.9 Å². The molecule has 0 aliphatic heterocycles. The first kappa shape index (κ1) is 13.0. The van der Waals surface area contributed by atoms with Gasteiger partial charge in [0, 0.05) is 0 Å². The van der Waals surface area contributed by atoms with Gasteiger partial charge in [-0.1, -0.05) is 13.0 Å².